The maximum atomic E-state index is 12.6. The highest BCUT2D eigenvalue weighted by Crippen LogP contribution is 2.39. The monoisotopic (exact) mass is 279 g/mol. The minimum atomic E-state index is -0.882. The number of allylic oxidation sites excluding steroid dienone is 2. The van der Waals surface area contributed by atoms with Crippen LogP contribution in [0.1, 0.15) is 25.7 Å². The van der Waals surface area contributed by atoms with Gasteiger partial charge in [0.25, 0.3) is 0 Å². The first-order valence-electron chi connectivity index (χ1n) is 7.42. The number of carbonyl (C=O) groups is 2. The van der Waals surface area contributed by atoms with Gasteiger partial charge in [-0.1, -0.05) is 12.2 Å². The van der Waals surface area contributed by atoms with E-state index in [1.54, 1.807) is 4.90 Å². The van der Waals surface area contributed by atoms with Gasteiger partial charge in [0, 0.05) is 19.0 Å². The van der Waals surface area contributed by atoms with Gasteiger partial charge in [0.15, 0.2) is 0 Å². The van der Waals surface area contributed by atoms with E-state index in [1.165, 1.54) is 0 Å². The van der Waals surface area contributed by atoms with E-state index in [0.29, 0.717) is 31.8 Å². The number of carbonyl (C=O) groups excluding carboxylic acids is 1. The van der Waals surface area contributed by atoms with Crippen molar-refractivity contribution < 1.29 is 19.8 Å². The molecule has 2 aliphatic carbocycles. The second-order valence-corrected chi connectivity index (χ2v) is 6.31. The average molecular weight is 279 g/mol. The normalized spacial score (nSPS) is 39.9. The van der Waals surface area contributed by atoms with E-state index in [0.717, 1.165) is 12.8 Å². The van der Waals surface area contributed by atoms with E-state index in [2.05, 4.69) is 0 Å². The van der Waals surface area contributed by atoms with Crippen LogP contribution >= 0.6 is 0 Å². The van der Waals surface area contributed by atoms with Crippen LogP contribution in [-0.4, -0.2) is 46.2 Å². The number of carboxylic acids is 1. The fourth-order valence-corrected chi connectivity index (χ4v) is 4.01. The van der Waals surface area contributed by atoms with Crippen LogP contribution in [0.2, 0.25) is 0 Å². The Bertz CT molecular complexity index is 447. The maximum Gasteiger partial charge on any atom is 0.307 e. The third-order valence-electron chi connectivity index (χ3n) is 5.20. The topological polar surface area (TPSA) is 77.8 Å². The Labute approximate surface area is 118 Å². The minimum Gasteiger partial charge on any atom is -0.481 e. The third kappa shape index (κ3) is 2.24. The largest absolute Gasteiger partial charge is 0.481 e. The molecule has 0 bridgehead atoms. The predicted molar refractivity (Wildman–Crippen MR) is 71.8 cm³/mol. The number of hydrogen-bond acceptors (Lipinski definition) is 3. The SMILES string of the molecule is O=C(O)C1CC=CCC1C(=O)N1CC2CCC(O)C2C1. The van der Waals surface area contributed by atoms with Crippen molar-refractivity contribution in [2.45, 2.75) is 31.8 Å². The van der Waals surface area contributed by atoms with Crippen LogP contribution in [0.15, 0.2) is 12.2 Å². The summed E-state index contributed by atoms with van der Waals surface area (Å²) in [6.45, 7) is 1.28. The summed E-state index contributed by atoms with van der Waals surface area (Å²) in [5.74, 6) is -1.36. The highest BCUT2D eigenvalue weighted by Gasteiger charge is 2.45. The molecule has 110 valence electrons. The van der Waals surface area contributed by atoms with E-state index >= 15 is 0 Å². The van der Waals surface area contributed by atoms with Crippen LogP contribution in [0.25, 0.3) is 0 Å². The number of aliphatic carboxylic acids is 1. The van der Waals surface area contributed by atoms with E-state index < -0.39 is 17.8 Å². The van der Waals surface area contributed by atoms with Gasteiger partial charge in [-0.15, -0.1) is 0 Å². The van der Waals surface area contributed by atoms with Crippen molar-refractivity contribution in [1.29, 1.82) is 0 Å². The molecule has 5 atom stereocenters. The summed E-state index contributed by atoms with van der Waals surface area (Å²) in [6.07, 6.45) is 6.24. The smallest absolute Gasteiger partial charge is 0.307 e. The number of nitrogens with zero attached hydrogens (tertiary/aromatic N) is 1. The van der Waals surface area contributed by atoms with Crippen LogP contribution in [-0.2, 0) is 9.59 Å². The Morgan fingerprint density at radius 3 is 2.40 bits per heavy atom. The molecule has 1 saturated heterocycles. The molecule has 0 spiro atoms. The van der Waals surface area contributed by atoms with Crippen LogP contribution < -0.4 is 0 Å². The second-order valence-electron chi connectivity index (χ2n) is 6.31. The first kappa shape index (κ1) is 13.6. The van der Waals surface area contributed by atoms with Crippen molar-refractivity contribution in [1.82, 2.24) is 4.90 Å². The summed E-state index contributed by atoms with van der Waals surface area (Å²) in [4.78, 5) is 25.7. The van der Waals surface area contributed by atoms with Gasteiger partial charge in [-0.25, -0.2) is 0 Å². The van der Waals surface area contributed by atoms with Crippen LogP contribution in [0, 0.1) is 23.7 Å². The number of rotatable bonds is 2. The van der Waals surface area contributed by atoms with E-state index in [4.69, 9.17) is 0 Å². The number of likely N-dealkylation sites (tertiary alicyclic amines) is 1. The quantitative estimate of drug-likeness (QED) is 0.736. The lowest BCUT2D eigenvalue weighted by Crippen LogP contribution is -2.41. The van der Waals surface area contributed by atoms with Gasteiger partial charge in [-0.05, 0) is 31.6 Å². The first-order chi connectivity index (χ1) is 9.58. The summed E-state index contributed by atoms with van der Waals surface area (Å²) < 4.78 is 0. The molecule has 5 heteroatoms. The summed E-state index contributed by atoms with van der Waals surface area (Å²) in [6, 6.07) is 0. The third-order valence-corrected chi connectivity index (χ3v) is 5.20. The fraction of sp³-hybridized carbons (Fsp3) is 0.733. The molecule has 3 aliphatic rings. The number of amides is 1. The van der Waals surface area contributed by atoms with Crippen molar-refractivity contribution >= 4 is 11.9 Å². The molecule has 1 aliphatic heterocycles. The van der Waals surface area contributed by atoms with E-state index in [1.807, 2.05) is 12.2 Å². The summed E-state index contributed by atoms with van der Waals surface area (Å²) in [5, 5.41) is 19.2. The maximum absolute atomic E-state index is 12.6. The van der Waals surface area contributed by atoms with Gasteiger partial charge in [0.05, 0.1) is 17.9 Å². The Morgan fingerprint density at radius 1 is 1.05 bits per heavy atom. The molecule has 1 saturated carbocycles. The number of hydrogen-bond donors (Lipinski definition) is 2. The van der Waals surface area contributed by atoms with Crippen LogP contribution in [0.5, 0.6) is 0 Å². The molecule has 20 heavy (non-hydrogen) atoms. The predicted octanol–water partition coefficient (Wildman–Crippen LogP) is 0.883. The molecule has 2 N–H and O–H groups in total. The lowest BCUT2D eigenvalue weighted by molar-refractivity contribution is -0.150. The Hall–Kier alpha value is -1.36. The molecule has 0 radical (unpaired) electrons. The number of aliphatic hydroxyl groups is 1. The number of fused-ring (bicyclic) bond motifs is 1. The Balaban J connectivity index is 1.70. The van der Waals surface area contributed by atoms with Crippen molar-refractivity contribution in [3.05, 3.63) is 12.2 Å². The van der Waals surface area contributed by atoms with Gasteiger partial charge < -0.3 is 15.1 Å². The van der Waals surface area contributed by atoms with E-state index in [-0.39, 0.29) is 17.9 Å². The Kier molecular flexibility index (Phi) is 3.54. The summed E-state index contributed by atoms with van der Waals surface area (Å²) >= 11 is 0. The fourth-order valence-electron chi connectivity index (χ4n) is 4.01. The van der Waals surface area contributed by atoms with Crippen molar-refractivity contribution in [2.75, 3.05) is 13.1 Å². The van der Waals surface area contributed by atoms with E-state index in [9.17, 15) is 19.8 Å². The molecular formula is C15H21NO4. The average Bonchev–Trinajstić information content (AvgIpc) is 3.00. The highest BCUT2D eigenvalue weighted by atomic mass is 16.4. The molecule has 5 nitrogen and oxygen atoms in total. The molecule has 3 rings (SSSR count). The van der Waals surface area contributed by atoms with Gasteiger partial charge >= 0.3 is 5.97 Å². The zero-order chi connectivity index (χ0) is 14.3. The molecule has 0 aromatic carbocycles. The van der Waals surface area contributed by atoms with Crippen molar-refractivity contribution in [3.63, 3.8) is 0 Å². The molecule has 2 fully saturated rings. The second kappa shape index (κ2) is 5.20. The van der Waals surface area contributed by atoms with Gasteiger partial charge in [0.2, 0.25) is 5.91 Å². The van der Waals surface area contributed by atoms with Crippen LogP contribution in [0.4, 0.5) is 0 Å². The van der Waals surface area contributed by atoms with Crippen molar-refractivity contribution in [2.24, 2.45) is 23.7 Å². The molecule has 1 heterocycles. The Morgan fingerprint density at radius 2 is 1.75 bits per heavy atom. The van der Waals surface area contributed by atoms with Gasteiger partial charge in [0.1, 0.15) is 0 Å². The standard InChI is InChI=1S/C15H21NO4/c17-13-6-5-9-7-16(8-12(9)13)14(18)10-3-1-2-4-11(10)15(19)20/h1-2,9-13,17H,3-8H2,(H,19,20). The first-order valence-corrected chi connectivity index (χ1v) is 7.42. The molecule has 1 amide bonds. The van der Waals surface area contributed by atoms with Crippen LogP contribution in [0.3, 0.4) is 0 Å². The minimum absolute atomic E-state index is 0.0386. The molecule has 0 aromatic rings. The lowest BCUT2D eigenvalue weighted by Gasteiger charge is -2.29. The zero-order valence-corrected chi connectivity index (χ0v) is 11.4. The molecular weight excluding hydrogens is 258 g/mol. The van der Waals surface area contributed by atoms with Gasteiger partial charge in [-0.2, -0.15) is 0 Å². The molecule has 5 unspecified atom stereocenters. The zero-order valence-electron chi connectivity index (χ0n) is 11.4. The van der Waals surface area contributed by atoms with Crippen molar-refractivity contribution in [3.8, 4) is 0 Å². The highest BCUT2D eigenvalue weighted by molar-refractivity contribution is 5.85. The summed E-state index contributed by atoms with van der Waals surface area (Å²) in [5.41, 5.74) is 0. The molecule has 0 aromatic heterocycles. The number of aliphatic hydroxyl groups excluding tert-OH is 1. The number of carboxylic acid groups (broad SMARTS) is 1. The lowest BCUT2D eigenvalue weighted by atomic mass is 9.82. The van der Waals surface area contributed by atoms with Gasteiger partial charge in [-0.3, -0.25) is 9.59 Å². The summed E-state index contributed by atoms with van der Waals surface area (Å²) in [7, 11) is 0.